The third-order valence-corrected chi connectivity index (χ3v) is 10.7. The first-order valence-corrected chi connectivity index (χ1v) is 23.2. The van der Waals surface area contributed by atoms with Crippen LogP contribution in [0.15, 0.2) is 24.3 Å². The fraction of sp³-hybridized carbons (Fsp3) is 0.884. The zero-order valence-electron chi connectivity index (χ0n) is 34.8. The van der Waals surface area contributed by atoms with E-state index in [0.29, 0.717) is 17.4 Å². The van der Waals surface area contributed by atoms with E-state index in [4.69, 9.17) is 9.05 Å². The van der Waals surface area contributed by atoms with E-state index >= 15 is 0 Å². The van der Waals surface area contributed by atoms with Gasteiger partial charge >= 0.3 is 7.82 Å². The molecule has 0 aromatic heterocycles. The van der Waals surface area contributed by atoms with Gasteiger partial charge in [0.25, 0.3) is 0 Å². The van der Waals surface area contributed by atoms with E-state index in [2.05, 4.69) is 31.3 Å². The largest absolute Gasteiger partial charge is 0.472 e. The van der Waals surface area contributed by atoms with E-state index in [1.165, 1.54) is 135 Å². The van der Waals surface area contributed by atoms with Crippen molar-refractivity contribution in [3.05, 3.63) is 24.3 Å². The van der Waals surface area contributed by atoms with Crippen LogP contribution in [0.5, 0.6) is 0 Å². The van der Waals surface area contributed by atoms with Gasteiger partial charge in [-0.2, -0.15) is 0 Å². The van der Waals surface area contributed by atoms with Gasteiger partial charge in [-0.3, -0.25) is 13.8 Å². The van der Waals surface area contributed by atoms with Gasteiger partial charge in [0.05, 0.1) is 39.9 Å². The fourth-order valence-corrected chi connectivity index (χ4v) is 6.91. The lowest BCUT2D eigenvalue weighted by atomic mass is 10.0. The number of amides is 1. The number of allylic oxidation sites excluding steroid dienone is 3. The highest BCUT2D eigenvalue weighted by Gasteiger charge is 2.27. The summed E-state index contributed by atoms with van der Waals surface area (Å²) in [6.07, 6.45) is 42.1. The van der Waals surface area contributed by atoms with Crippen LogP contribution in [0.3, 0.4) is 0 Å². The molecule has 308 valence electrons. The molecule has 1 amide bonds. The van der Waals surface area contributed by atoms with E-state index < -0.39 is 20.0 Å². The summed E-state index contributed by atoms with van der Waals surface area (Å²) in [4.78, 5) is 22.6. The molecule has 0 rings (SSSR count). The SMILES string of the molecule is CCCCCCCCCCCCCCCCCCCCCCC/C=C/CC/C=C/C(O)C(COP(=O)(O)OCC[N+](C)(C)C)NC(=O)CCCCC. The summed E-state index contributed by atoms with van der Waals surface area (Å²) >= 11 is 0. The van der Waals surface area contributed by atoms with Gasteiger partial charge in [-0.15, -0.1) is 0 Å². The van der Waals surface area contributed by atoms with Gasteiger partial charge in [0.1, 0.15) is 13.2 Å². The highest BCUT2D eigenvalue weighted by atomic mass is 31.2. The summed E-state index contributed by atoms with van der Waals surface area (Å²) in [5.74, 6) is -0.212. The number of aliphatic hydroxyl groups excluding tert-OH is 1. The molecule has 0 aromatic carbocycles. The zero-order valence-corrected chi connectivity index (χ0v) is 35.7. The normalized spacial score (nSPS) is 14.7. The van der Waals surface area contributed by atoms with Crippen LogP contribution < -0.4 is 5.32 Å². The van der Waals surface area contributed by atoms with Crippen LogP contribution in [0.1, 0.15) is 194 Å². The third-order valence-electron chi connectivity index (χ3n) is 9.67. The molecular formula is C43H86N2O6P+. The smallest absolute Gasteiger partial charge is 0.387 e. The molecule has 9 heteroatoms. The minimum atomic E-state index is -4.32. The first-order valence-electron chi connectivity index (χ1n) is 21.7. The van der Waals surface area contributed by atoms with E-state index in [1.54, 1.807) is 6.08 Å². The van der Waals surface area contributed by atoms with Crippen molar-refractivity contribution in [2.75, 3.05) is 40.9 Å². The summed E-state index contributed by atoms with van der Waals surface area (Å²) in [5.41, 5.74) is 0. The van der Waals surface area contributed by atoms with E-state index in [9.17, 15) is 19.4 Å². The molecule has 0 aromatic rings. The van der Waals surface area contributed by atoms with Crippen LogP contribution in [0, 0.1) is 0 Å². The summed E-state index contributed by atoms with van der Waals surface area (Å²) in [5, 5.41) is 13.6. The summed E-state index contributed by atoms with van der Waals surface area (Å²) in [6, 6.07) is -0.854. The molecule has 0 saturated heterocycles. The Morgan fingerprint density at radius 2 is 1.06 bits per heavy atom. The van der Waals surface area contributed by atoms with Crippen LogP contribution in [0.25, 0.3) is 0 Å². The monoisotopic (exact) mass is 758 g/mol. The molecule has 0 aliphatic rings. The maximum atomic E-state index is 12.5. The van der Waals surface area contributed by atoms with Gasteiger partial charge in [0, 0.05) is 6.42 Å². The third kappa shape index (κ3) is 37.3. The number of nitrogens with zero attached hydrogens (tertiary/aromatic N) is 1. The average molecular weight is 758 g/mol. The second-order valence-corrected chi connectivity index (χ2v) is 17.5. The first kappa shape index (κ1) is 51.0. The summed E-state index contributed by atoms with van der Waals surface area (Å²) in [6.45, 7) is 4.62. The highest BCUT2D eigenvalue weighted by Crippen LogP contribution is 2.43. The number of nitrogens with one attached hydrogen (secondary N) is 1. The van der Waals surface area contributed by atoms with Crippen molar-refractivity contribution >= 4 is 13.7 Å². The predicted octanol–water partition coefficient (Wildman–Crippen LogP) is 11.7. The highest BCUT2D eigenvalue weighted by molar-refractivity contribution is 7.47. The van der Waals surface area contributed by atoms with Crippen LogP contribution >= 0.6 is 7.82 Å². The van der Waals surface area contributed by atoms with Gasteiger partial charge in [0.15, 0.2) is 0 Å². The predicted molar refractivity (Wildman–Crippen MR) is 221 cm³/mol. The Hall–Kier alpha value is -1.02. The maximum Gasteiger partial charge on any atom is 0.472 e. The summed E-state index contributed by atoms with van der Waals surface area (Å²) in [7, 11) is 1.55. The van der Waals surface area contributed by atoms with Crippen molar-refractivity contribution in [2.24, 2.45) is 0 Å². The molecule has 3 atom stereocenters. The van der Waals surface area contributed by atoms with Crippen molar-refractivity contribution in [3.63, 3.8) is 0 Å². The lowest BCUT2D eigenvalue weighted by Gasteiger charge is -2.25. The number of aliphatic hydroxyl groups is 1. The molecule has 3 unspecified atom stereocenters. The van der Waals surface area contributed by atoms with E-state index in [0.717, 1.165) is 38.5 Å². The van der Waals surface area contributed by atoms with Crippen LogP contribution in [0.4, 0.5) is 0 Å². The number of phosphoric ester groups is 1. The Kier molecular flexibility index (Phi) is 35.0. The minimum Gasteiger partial charge on any atom is -0.387 e. The van der Waals surface area contributed by atoms with Crippen molar-refractivity contribution in [1.29, 1.82) is 0 Å². The van der Waals surface area contributed by atoms with Crippen LogP contribution in [-0.2, 0) is 18.4 Å². The lowest BCUT2D eigenvalue weighted by Crippen LogP contribution is -2.45. The minimum absolute atomic E-state index is 0.0565. The number of likely N-dealkylation sites (N-methyl/N-ethyl adjacent to an activating group) is 1. The first-order chi connectivity index (χ1) is 25.0. The van der Waals surface area contributed by atoms with Gasteiger partial charge in [0.2, 0.25) is 5.91 Å². The number of hydrogen-bond acceptors (Lipinski definition) is 5. The van der Waals surface area contributed by atoms with Crippen molar-refractivity contribution < 1.29 is 32.9 Å². The number of rotatable bonds is 39. The molecule has 8 nitrogen and oxygen atoms in total. The van der Waals surface area contributed by atoms with Gasteiger partial charge < -0.3 is 19.8 Å². The quantitative estimate of drug-likeness (QED) is 0.0250. The zero-order chi connectivity index (χ0) is 38.6. The second-order valence-electron chi connectivity index (χ2n) is 16.1. The topological polar surface area (TPSA) is 105 Å². The molecule has 0 spiro atoms. The lowest BCUT2D eigenvalue weighted by molar-refractivity contribution is -0.870. The van der Waals surface area contributed by atoms with Crippen molar-refractivity contribution in [3.8, 4) is 0 Å². The number of hydrogen-bond donors (Lipinski definition) is 3. The second kappa shape index (κ2) is 35.7. The van der Waals surface area contributed by atoms with Crippen molar-refractivity contribution in [2.45, 2.75) is 206 Å². The van der Waals surface area contributed by atoms with Gasteiger partial charge in [-0.1, -0.05) is 179 Å². The number of carbonyl (C=O) groups excluding carboxylic acids is 1. The number of quaternary nitrogens is 1. The Bertz CT molecular complexity index is 907. The van der Waals surface area contributed by atoms with Crippen molar-refractivity contribution in [1.82, 2.24) is 5.32 Å². The molecule has 0 fully saturated rings. The Morgan fingerprint density at radius 3 is 1.54 bits per heavy atom. The Morgan fingerprint density at radius 1 is 0.635 bits per heavy atom. The molecule has 0 aliphatic heterocycles. The molecule has 52 heavy (non-hydrogen) atoms. The van der Waals surface area contributed by atoms with Crippen LogP contribution in [-0.4, -0.2) is 73.4 Å². The van der Waals surface area contributed by atoms with Gasteiger partial charge in [-0.05, 0) is 32.1 Å². The molecule has 0 heterocycles. The standard InChI is InChI=1S/C43H85N2O6P/c1-6-8-10-11-12-13-14-15-16-17-18-19-20-21-22-23-24-25-26-27-28-29-30-31-32-33-35-36-42(46)41(44-43(47)37-34-9-7-2)40-51-52(48,49)50-39-38-45(3,4)5/h30-31,35-36,41-42,46H,6-29,32-34,37-40H2,1-5H3,(H-,44,47,48,49)/p+1/b31-30+,36-35+. The number of carbonyl (C=O) groups is 1. The van der Waals surface area contributed by atoms with E-state index in [-0.39, 0.29) is 19.1 Å². The molecule has 0 radical (unpaired) electrons. The Labute approximate surface area is 322 Å². The van der Waals surface area contributed by atoms with E-state index in [1.807, 2.05) is 27.2 Å². The molecule has 3 N–H and O–H groups in total. The molecule has 0 saturated carbocycles. The molecule has 0 bridgehead atoms. The van der Waals surface area contributed by atoms with Gasteiger partial charge in [-0.25, -0.2) is 4.57 Å². The Balaban J connectivity index is 3.98. The maximum absolute atomic E-state index is 12.5. The van der Waals surface area contributed by atoms with Crippen LogP contribution in [0.2, 0.25) is 0 Å². The number of phosphoric acid groups is 1. The summed E-state index contributed by atoms with van der Waals surface area (Å²) < 4.78 is 23.2. The number of unbranched alkanes of at least 4 members (excludes halogenated alkanes) is 24. The molecule has 0 aliphatic carbocycles. The molecular weight excluding hydrogens is 671 g/mol. The average Bonchev–Trinajstić information content (AvgIpc) is 3.09. The fourth-order valence-electron chi connectivity index (χ4n) is 6.17.